The van der Waals surface area contributed by atoms with Gasteiger partial charge in [0.2, 0.25) is 0 Å². The quantitative estimate of drug-likeness (QED) is 0.386. The van der Waals surface area contributed by atoms with Gasteiger partial charge in [-0.1, -0.05) is 34.7 Å². The first-order chi connectivity index (χ1) is 8.66. The number of para-hydroxylation sites is 2. The first kappa shape index (κ1) is 13.3. The van der Waals surface area contributed by atoms with Crippen LogP contribution in [0.15, 0.2) is 24.3 Å². The number of nitrogens with one attached hydrogen (secondary N) is 2. The molecule has 0 amide bonds. The number of imidazole rings is 1. The maximum Gasteiger partial charge on any atom is 0.318 e. The largest absolute Gasteiger partial charge is 0.465 e. The highest BCUT2D eigenvalue weighted by atomic mass is 127. The van der Waals surface area contributed by atoms with Crippen molar-refractivity contribution in [1.29, 1.82) is 0 Å². The minimum Gasteiger partial charge on any atom is -0.465 e. The van der Waals surface area contributed by atoms with E-state index in [1.165, 1.54) is 0 Å². The summed E-state index contributed by atoms with van der Waals surface area (Å²) in [5.41, 5.74) is 2.20. The normalized spacial score (nSPS) is 12.6. The number of aryl methyl sites for hydroxylation is 1. The second-order valence-electron chi connectivity index (χ2n) is 4.16. The summed E-state index contributed by atoms with van der Waals surface area (Å²) in [6.07, 6.45) is 1.66. The van der Waals surface area contributed by atoms with Crippen molar-refractivity contribution in [2.75, 3.05) is 6.61 Å². The Balaban J connectivity index is 1.82. The van der Waals surface area contributed by atoms with Gasteiger partial charge in [0.1, 0.15) is 3.92 Å². The maximum atomic E-state index is 11.2. The van der Waals surface area contributed by atoms with E-state index in [2.05, 4.69) is 32.6 Å². The van der Waals surface area contributed by atoms with Crippen molar-refractivity contribution in [3.05, 3.63) is 30.1 Å². The Bertz CT molecular complexity index is 504. The summed E-state index contributed by atoms with van der Waals surface area (Å²) in [5, 5.41) is 0. The number of fused-ring (bicyclic) bond motifs is 1. The molecule has 0 aliphatic rings. The van der Waals surface area contributed by atoms with Gasteiger partial charge in [-0.15, -0.1) is 0 Å². The number of carbonyl (C=O) groups excluding carboxylic acids is 1. The number of rotatable bonds is 5. The first-order valence-corrected chi connectivity index (χ1v) is 7.21. The predicted octanol–water partition coefficient (Wildman–Crippen LogP) is 2.28. The zero-order chi connectivity index (χ0) is 13.0. The van der Waals surface area contributed by atoms with E-state index in [9.17, 15) is 4.79 Å². The molecule has 18 heavy (non-hydrogen) atoms. The number of aromatic nitrogens is 2. The fraction of sp³-hybridized carbons (Fsp3) is 0.385. The Morgan fingerprint density at radius 2 is 2.28 bits per heavy atom. The number of esters is 1. The molecule has 0 radical (unpaired) electrons. The Morgan fingerprint density at radius 1 is 1.50 bits per heavy atom. The highest BCUT2D eigenvalue weighted by molar-refractivity contribution is 14.1. The van der Waals surface area contributed by atoms with E-state index in [0.717, 1.165) is 29.7 Å². The molecule has 5 heteroatoms. The molecule has 1 unspecified atom stereocenters. The molecule has 2 N–H and O–H groups in total. The van der Waals surface area contributed by atoms with E-state index < -0.39 is 0 Å². The number of hydrogen-bond donors (Lipinski definition) is 1. The van der Waals surface area contributed by atoms with Crippen molar-refractivity contribution in [2.24, 2.45) is 0 Å². The van der Waals surface area contributed by atoms with Crippen LogP contribution in [-0.4, -0.2) is 21.5 Å². The highest BCUT2D eigenvalue weighted by Crippen LogP contribution is 2.07. The lowest BCUT2D eigenvalue weighted by Crippen LogP contribution is -2.15. The molecule has 1 aromatic carbocycles. The summed E-state index contributed by atoms with van der Waals surface area (Å²) in [7, 11) is 0. The summed E-state index contributed by atoms with van der Waals surface area (Å²) in [5.74, 6) is 0.922. The van der Waals surface area contributed by atoms with Crippen LogP contribution in [0.25, 0.3) is 11.0 Å². The van der Waals surface area contributed by atoms with Crippen LogP contribution >= 0.6 is 22.6 Å². The molecular formula is C13H16IN2O2+. The van der Waals surface area contributed by atoms with Gasteiger partial charge >= 0.3 is 5.97 Å². The molecule has 1 heterocycles. The molecule has 2 rings (SSSR count). The third-order valence-corrected chi connectivity index (χ3v) is 3.15. The lowest BCUT2D eigenvalue weighted by Gasteiger charge is -2.04. The van der Waals surface area contributed by atoms with Gasteiger partial charge in [-0.2, -0.15) is 0 Å². The third kappa shape index (κ3) is 3.44. The number of halogens is 1. The number of carbonyl (C=O) groups is 1. The third-order valence-electron chi connectivity index (χ3n) is 2.64. The molecule has 2 aromatic rings. The van der Waals surface area contributed by atoms with Crippen molar-refractivity contribution < 1.29 is 14.5 Å². The van der Waals surface area contributed by atoms with Gasteiger partial charge in [-0.25, -0.2) is 9.97 Å². The Labute approximate surface area is 119 Å². The highest BCUT2D eigenvalue weighted by Gasteiger charge is 2.11. The molecular weight excluding hydrogens is 343 g/mol. The van der Waals surface area contributed by atoms with Gasteiger partial charge in [0, 0.05) is 0 Å². The van der Waals surface area contributed by atoms with Crippen LogP contribution in [0.1, 0.15) is 19.2 Å². The SMILES string of the molecule is CC(I)C(=O)OCCCc1[nH]c2ccccc2[nH+]1. The molecule has 0 aliphatic carbocycles. The minimum atomic E-state index is -0.142. The van der Waals surface area contributed by atoms with Gasteiger partial charge in [0.25, 0.3) is 5.82 Å². The predicted molar refractivity (Wildman–Crippen MR) is 77.6 cm³/mol. The molecule has 0 spiro atoms. The van der Waals surface area contributed by atoms with Crippen molar-refractivity contribution in [2.45, 2.75) is 23.7 Å². The van der Waals surface area contributed by atoms with Gasteiger partial charge in [-0.05, 0) is 25.5 Å². The number of ether oxygens (including phenoxy) is 1. The monoisotopic (exact) mass is 359 g/mol. The summed E-state index contributed by atoms with van der Waals surface area (Å²) >= 11 is 2.05. The van der Waals surface area contributed by atoms with Gasteiger partial charge < -0.3 is 4.74 Å². The van der Waals surface area contributed by atoms with Crippen LogP contribution in [0.2, 0.25) is 0 Å². The molecule has 0 bridgehead atoms. The van der Waals surface area contributed by atoms with Crippen LogP contribution in [0.5, 0.6) is 0 Å². The summed E-state index contributed by atoms with van der Waals surface area (Å²) in [6.45, 7) is 2.30. The number of benzene rings is 1. The van der Waals surface area contributed by atoms with Gasteiger partial charge in [0.15, 0.2) is 11.0 Å². The van der Waals surface area contributed by atoms with E-state index in [-0.39, 0.29) is 9.89 Å². The van der Waals surface area contributed by atoms with E-state index in [1.807, 2.05) is 31.2 Å². The number of H-pyrrole nitrogens is 2. The smallest absolute Gasteiger partial charge is 0.318 e. The molecule has 1 aromatic heterocycles. The first-order valence-electron chi connectivity index (χ1n) is 5.96. The molecule has 1 atom stereocenters. The molecule has 0 saturated heterocycles. The topological polar surface area (TPSA) is 56.2 Å². The van der Waals surface area contributed by atoms with Crippen LogP contribution in [0, 0.1) is 0 Å². The summed E-state index contributed by atoms with van der Waals surface area (Å²) in [4.78, 5) is 17.9. The lowest BCUT2D eigenvalue weighted by atomic mass is 10.3. The fourth-order valence-corrected chi connectivity index (χ4v) is 1.90. The van der Waals surface area contributed by atoms with E-state index in [1.54, 1.807) is 0 Å². The second kappa shape index (κ2) is 6.17. The van der Waals surface area contributed by atoms with Crippen LogP contribution in [0.4, 0.5) is 0 Å². The van der Waals surface area contributed by atoms with E-state index in [4.69, 9.17) is 4.74 Å². The van der Waals surface area contributed by atoms with Crippen molar-refractivity contribution in [1.82, 2.24) is 4.98 Å². The fourth-order valence-electron chi connectivity index (χ4n) is 1.72. The Hall–Kier alpha value is -1.11. The number of aromatic amines is 2. The summed E-state index contributed by atoms with van der Waals surface area (Å²) in [6, 6.07) is 8.07. The van der Waals surface area contributed by atoms with Gasteiger partial charge in [0.05, 0.1) is 13.0 Å². The number of hydrogen-bond acceptors (Lipinski definition) is 2. The van der Waals surface area contributed by atoms with Crippen LogP contribution in [-0.2, 0) is 16.0 Å². The van der Waals surface area contributed by atoms with Crippen LogP contribution in [0.3, 0.4) is 0 Å². The maximum absolute atomic E-state index is 11.2. The van der Waals surface area contributed by atoms with Crippen molar-refractivity contribution in [3.8, 4) is 0 Å². The van der Waals surface area contributed by atoms with Gasteiger partial charge in [-0.3, -0.25) is 4.79 Å². The Kier molecular flexibility index (Phi) is 4.57. The van der Waals surface area contributed by atoms with E-state index >= 15 is 0 Å². The molecule has 4 nitrogen and oxygen atoms in total. The summed E-state index contributed by atoms with van der Waals surface area (Å²) < 4.78 is 5.04. The number of alkyl halides is 1. The minimum absolute atomic E-state index is 0.0813. The Morgan fingerprint density at radius 3 is 3.00 bits per heavy atom. The lowest BCUT2D eigenvalue weighted by molar-refractivity contribution is -0.358. The zero-order valence-corrected chi connectivity index (χ0v) is 12.4. The van der Waals surface area contributed by atoms with Crippen molar-refractivity contribution in [3.63, 3.8) is 0 Å². The zero-order valence-electron chi connectivity index (χ0n) is 10.2. The molecule has 0 saturated carbocycles. The van der Waals surface area contributed by atoms with E-state index in [0.29, 0.717) is 6.61 Å². The molecule has 0 fully saturated rings. The van der Waals surface area contributed by atoms with Crippen molar-refractivity contribution >= 4 is 39.6 Å². The molecule has 0 aliphatic heterocycles. The second-order valence-corrected chi connectivity index (χ2v) is 6.03. The average molecular weight is 359 g/mol. The van der Waals surface area contributed by atoms with Crippen LogP contribution < -0.4 is 4.98 Å². The molecule has 96 valence electrons. The average Bonchev–Trinajstić information content (AvgIpc) is 2.76. The standard InChI is InChI=1S/C13H15IN2O2/c1-9(14)13(17)18-8-4-7-12-15-10-5-2-3-6-11(10)16-12/h2-3,5-6,9H,4,7-8H2,1H3,(H,15,16)/p+1.